The first-order valence-corrected chi connectivity index (χ1v) is 10.9. The lowest BCUT2D eigenvalue weighted by Crippen LogP contribution is -2.37. The lowest BCUT2D eigenvalue weighted by Gasteiger charge is -2.35. The van der Waals surface area contributed by atoms with Gasteiger partial charge < -0.3 is 18.9 Å². The number of benzene rings is 3. The lowest BCUT2D eigenvalue weighted by molar-refractivity contribution is 0.172. The molecule has 0 spiro atoms. The highest BCUT2D eigenvalue weighted by atomic mass is 16.5. The molecule has 0 fully saturated rings. The SMILES string of the molecule is COc1ccc(OC)c(CN2Cc3cc(OC)c(OCc4ccccc4)cc3CC2C)c1. The maximum atomic E-state index is 6.12. The van der Waals surface area contributed by atoms with Crippen LogP contribution in [-0.4, -0.2) is 32.3 Å². The third kappa shape index (κ3) is 4.83. The van der Waals surface area contributed by atoms with E-state index >= 15 is 0 Å². The summed E-state index contributed by atoms with van der Waals surface area (Å²) in [6, 6.07) is 20.8. The highest BCUT2D eigenvalue weighted by Gasteiger charge is 2.26. The molecule has 0 aromatic heterocycles. The molecule has 4 rings (SSSR count). The minimum absolute atomic E-state index is 0.383. The summed E-state index contributed by atoms with van der Waals surface area (Å²) in [5, 5.41) is 0. The molecule has 0 saturated heterocycles. The average Bonchev–Trinajstić information content (AvgIpc) is 2.83. The summed E-state index contributed by atoms with van der Waals surface area (Å²) in [6.45, 7) is 4.42. The maximum Gasteiger partial charge on any atom is 0.161 e. The lowest BCUT2D eigenvalue weighted by atomic mass is 9.93. The van der Waals surface area contributed by atoms with E-state index in [0.29, 0.717) is 12.6 Å². The Bertz CT molecular complexity index is 1050. The highest BCUT2D eigenvalue weighted by Crippen LogP contribution is 2.36. The molecule has 1 unspecified atom stereocenters. The molecule has 0 bridgehead atoms. The Balaban J connectivity index is 1.54. The quantitative estimate of drug-likeness (QED) is 0.486. The minimum Gasteiger partial charge on any atom is -0.497 e. The van der Waals surface area contributed by atoms with E-state index < -0.39 is 0 Å². The molecule has 0 aliphatic carbocycles. The van der Waals surface area contributed by atoms with Gasteiger partial charge in [-0.15, -0.1) is 0 Å². The number of nitrogens with zero attached hydrogens (tertiary/aromatic N) is 1. The van der Waals surface area contributed by atoms with Crippen molar-refractivity contribution in [2.24, 2.45) is 0 Å². The van der Waals surface area contributed by atoms with Gasteiger partial charge in [-0.2, -0.15) is 0 Å². The summed E-state index contributed by atoms with van der Waals surface area (Å²) >= 11 is 0. The second-order valence-electron chi connectivity index (χ2n) is 8.18. The van der Waals surface area contributed by atoms with E-state index in [9.17, 15) is 0 Å². The molecule has 5 nitrogen and oxygen atoms in total. The molecule has 3 aromatic rings. The second kappa shape index (κ2) is 9.96. The van der Waals surface area contributed by atoms with Crippen molar-refractivity contribution in [3.63, 3.8) is 0 Å². The summed E-state index contributed by atoms with van der Waals surface area (Å²) in [6.07, 6.45) is 0.952. The summed E-state index contributed by atoms with van der Waals surface area (Å²) < 4.78 is 22.8. The van der Waals surface area contributed by atoms with Crippen molar-refractivity contribution in [1.82, 2.24) is 4.90 Å². The number of methoxy groups -OCH3 is 3. The van der Waals surface area contributed by atoms with E-state index in [4.69, 9.17) is 18.9 Å². The molecule has 1 aliphatic heterocycles. The highest BCUT2D eigenvalue weighted by molar-refractivity contribution is 5.49. The van der Waals surface area contributed by atoms with Crippen LogP contribution in [0, 0.1) is 0 Å². The minimum atomic E-state index is 0.383. The average molecular weight is 434 g/mol. The molecule has 168 valence electrons. The Morgan fingerprint density at radius 1 is 0.812 bits per heavy atom. The first kappa shape index (κ1) is 22.0. The van der Waals surface area contributed by atoms with Gasteiger partial charge in [0, 0.05) is 24.7 Å². The molecule has 0 radical (unpaired) electrons. The third-order valence-electron chi connectivity index (χ3n) is 6.10. The Morgan fingerprint density at radius 2 is 1.56 bits per heavy atom. The van der Waals surface area contributed by atoms with Crippen molar-refractivity contribution >= 4 is 0 Å². The van der Waals surface area contributed by atoms with E-state index in [-0.39, 0.29) is 0 Å². The largest absolute Gasteiger partial charge is 0.497 e. The maximum absolute atomic E-state index is 6.12. The fraction of sp³-hybridized carbons (Fsp3) is 0.333. The van der Waals surface area contributed by atoms with E-state index in [1.807, 2.05) is 30.3 Å². The standard InChI is InChI=1S/C27H31NO4/c1-19-12-21-14-27(32-18-20-8-6-5-7-9-20)26(31-4)15-22(21)16-28(19)17-23-13-24(29-2)10-11-25(23)30-3/h5-11,13-15,19H,12,16-18H2,1-4H3. The van der Waals surface area contributed by atoms with Gasteiger partial charge in [-0.25, -0.2) is 0 Å². The van der Waals surface area contributed by atoms with Gasteiger partial charge >= 0.3 is 0 Å². The van der Waals surface area contributed by atoms with Crippen molar-refractivity contribution in [2.75, 3.05) is 21.3 Å². The van der Waals surface area contributed by atoms with Crippen LogP contribution >= 0.6 is 0 Å². The Hall–Kier alpha value is -3.18. The first-order valence-electron chi connectivity index (χ1n) is 10.9. The fourth-order valence-electron chi connectivity index (χ4n) is 4.25. The van der Waals surface area contributed by atoms with Crippen molar-refractivity contribution in [3.05, 3.63) is 82.9 Å². The van der Waals surface area contributed by atoms with Gasteiger partial charge in [0.05, 0.1) is 21.3 Å². The molecule has 0 amide bonds. The van der Waals surface area contributed by atoms with Crippen LogP contribution < -0.4 is 18.9 Å². The smallest absolute Gasteiger partial charge is 0.161 e. The summed E-state index contributed by atoms with van der Waals surface area (Å²) in [4.78, 5) is 2.46. The van der Waals surface area contributed by atoms with Gasteiger partial charge in [-0.3, -0.25) is 4.90 Å². The van der Waals surface area contributed by atoms with Crippen molar-refractivity contribution in [3.8, 4) is 23.0 Å². The summed E-state index contributed by atoms with van der Waals surface area (Å²) in [7, 11) is 5.10. The zero-order chi connectivity index (χ0) is 22.5. The topological polar surface area (TPSA) is 40.2 Å². The van der Waals surface area contributed by atoms with Crippen molar-refractivity contribution < 1.29 is 18.9 Å². The van der Waals surface area contributed by atoms with Crippen LogP contribution in [0.4, 0.5) is 0 Å². The van der Waals surface area contributed by atoms with Gasteiger partial charge in [-0.1, -0.05) is 30.3 Å². The van der Waals surface area contributed by atoms with E-state index in [0.717, 1.165) is 53.6 Å². The van der Waals surface area contributed by atoms with Gasteiger partial charge in [-0.05, 0) is 60.4 Å². The molecular weight excluding hydrogens is 402 g/mol. The zero-order valence-corrected chi connectivity index (χ0v) is 19.3. The van der Waals surface area contributed by atoms with Crippen molar-refractivity contribution in [2.45, 2.75) is 39.1 Å². The number of rotatable bonds is 8. The van der Waals surface area contributed by atoms with Crippen LogP contribution in [0.2, 0.25) is 0 Å². The number of fused-ring (bicyclic) bond motifs is 1. The van der Waals surface area contributed by atoms with Crippen LogP contribution in [0.3, 0.4) is 0 Å². The van der Waals surface area contributed by atoms with Crippen LogP contribution in [0.15, 0.2) is 60.7 Å². The van der Waals surface area contributed by atoms with Gasteiger partial charge in [0.25, 0.3) is 0 Å². The Labute approximate surface area is 190 Å². The summed E-state index contributed by atoms with van der Waals surface area (Å²) in [5.41, 5.74) is 4.85. The van der Waals surface area contributed by atoms with E-state index in [2.05, 4.69) is 42.2 Å². The van der Waals surface area contributed by atoms with Crippen molar-refractivity contribution in [1.29, 1.82) is 0 Å². The third-order valence-corrected chi connectivity index (χ3v) is 6.10. The zero-order valence-electron chi connectivity index (χ0n) is 19.3. The van der Waals surface area contributed by atoms with Crippen LogP contribution in [0.1, 0.15) is 29.2 Å². The van der Waals surface area contributed by atoms with Gasteiger partial charge in [0.1, 0.15) is 18.1 Å². The predicted octanol–water partition coefficient (Wildman–Crippen LogP) is 5.24. The number of hydrogen-bond donors (Lipinski definition) is 0. The second-order valence-corrected chi connectivity index (χ2v) is 8.18. The van der Waals surface area contributed by atoms with E-state index in [1.54, 1.807) is 21.3 Å². The Morgan fingerprint density at radius 3 is 2.28 bits per heavy atom. The molecule has 1 aliphatic rings. The van der Waals surface area contributed by atoms with Crippen LogP contribution in [0.25, 0.3) is 0 Å². The molecule has 0 N–H and O–H groups in total. The van der Waals surface area contributed by atoms with E-state index in [1.165, 1.54) is 11.1 Å². The number of ether oxygens (including phenoxy) is 4. The molecular formula is C27H31NO4. The molecule has 32 heavy (non-hydrogen) atoms. The fourth-order valence-corrected chi connectivity index (χ4v) is 4.25. The monoisotopic (exact) mass is 433 g/mol. The molecule has 0 saturated carbocycles. The van der Waals surface area contributed by atoms with Gasteiger partial charge in [0.2, 0.25) is 0 Å². The van der Waals surface area contributed by atoms with Crippen LogP contribution in [-0.2, 0) is 26.1 Å². The molecule has 5 heteroatoms. The molecule has 3 aromatic carbocycles. The first-order chi connectivity index (χ1) is 15.6. The van der Waals surface area contributed by atoms with Gasteiger partial charge in [0.15, 0.2) is 11.5 Å². The Kier molecular flexibility index (Phi) is 6.86. The predicted molar refractivity (Wildman–Crippen MR) is 126 cm³/mol. The normalized spacial score (nSPS) is 15.7. The molecule has 1 heterocycles. The van der Waals surface area contributed by atoms with Crippen LogP contribution in [0.5, 0.6) is 23.0 Å². The molecule has 1 atom stereocenters. The summed E-state index contributed by atoms with van der Waals surface area (Å²) in [5.74, 6) is 3.29. The number of hydrogen-bond acceptors (Lipinski definition) is 5.